The number of carbonyl (C=O) groups excluding carboxylic acids is 1. The van der Waals surface area contributed by atoms with Gasteiger partial charge in [0.15, 0.2) is 0 Å². The van der Waals surface area contributed by atoms with Crippen molar-refractivity contribution >= 4 is 17.4 Å². The molecule has 124 valence electrons. The predicted molar refractivity (Wildman–Crippen MR) is 94.3 cm³/mol. The summed E-state index contributed by atoms with van der Waals surface area (Å²) in [5.74, 6) is 2.07. The van der Waals surface area contributed by atoms with Gasteiger partial charge in [0.25, 0.3) is 0 Å². The van der Waals surface area contributed by atoms with Crippen molar-refractivity contribution in [2.45, 2.75) is 25.3 Å². The summed E-state index contributed by atoms with van der Waals surface area (Å²) in [5.41, 5.74) is 2.62. The van der Waals surface area contributed by atoms with Crippen LogP contribution >= 0.6 is 0 Å². The highest BCUT2D eigenvalue weighted by molar-refractivity contribution is 5.86. The molecule has 0 saturated heterocycles. The molecular formula is C19H22N4O. The quantitative estimate of drug-likeness (QED) is 0.861. The summed E-state index contributed by atoms with van der Waals surface area (Å²) in [4.78, 5) is 13.7. The summed E-state index contributed by atoms with van der Waals surface area (Å²) in [7, 11) is 0. The van der Waals surface area contributed by atoms with Gasteiger partial charge in [-0.15, -0.1) is 0 Å². The maximum atomic E-state index is 11.4. The van der Waals surface area contributed by atoms with Crippen LogP contribution in [0, 0.1) is 5.92 Å². The molecule has 1 aliphatic carbocycles. The van der Waals surface area contributed by atoms with Gasteiger partial charge in [0.2, 0.25) is 5.91 Å². The second-order valence-corrected chi connectivity index (χ2v) is 6.66. The van der Waals surface area contributed by atoms with Gasteiger partial charge in [-0.2, -0.15) is 5.10 Å². The number of carbonyl (C=O) groups is 1. The van der Waals surface area contributed by atoms with E-state index in [1.807, 2.05) is 16.9 Å². The molecule has 1 fully saturated rings. The van der Waals surface area contributed by atoms with Crippen LogP contribution in [0.15, 0.2) is 49.2 Å². The van der Waals surface area contributed by atoms with E-state index < -0.39 is 0 Å². The fraction of sp³-hybridized carbons (Fsp3) is 0.368. The maximum Gasteiger partial charge on any atom is 0.243 e. The Kier molecular flexibility index (Phi) is 3.84. The maximum absolute atomic E-state index is 11.4. The summed E-state index contributed by atoms with van der Waals surface area (Å²) in [5, 5.41) is 7.33. The zero-order chi connectivity index (χ0) is 16.5. The highest BCUT2D eigenvalue weighted by Gasteiger charge is 2.27. The van der Waals surface area contributed by atoms with Gasteiger partial charge in [0.05, 0.1) is 6.20 Å². The van der Waals surface area contributed by atoms with Crippen LogP contribution < -0.4 is 10.2 Å². The summed E-state index contributed by atoms with van der Waals surface area (Å²) >= 11 is 0. The first-order valence-electron chi connectivity index (χ1n) is 8.54. The Bertz CT molecular complexity index is 745. The van der Waals surface area contributed by atoms with Crippen molar-refractivity contribution in [3.63, 3.8) is 0 Å². The Morgan fingerprint density at radius 3 is 2.75 bits per heavy atom. The molecular weight excluding hydrogens is 300 g/mol. The van der Waals surface area contributed by atoms with Gasteiger partial charge in [-0.3, -0.25) is 4.79 Å². The Labute approximate surface area is 142 Å². The van der Waals surface area contributed by atoms with Crippen molar-refractivity contribution in [3.8, 4) is 0 Å². The lowest BCUT2D eigenvalue weighted by Gasteiger charge is -2.35. The molecule has 0 unspecified atom stereocenters. The number of fused-ring (bicyclic) bond motifs is 1. The molecule has 1 aromatic heterocycles. The van der Waals surface area contributed by atoms with Crippen LogP contribution in [0.5, 0.6) is 0 Å². The molecule has 4 rings (SSSR count). The molecule has 2 heterocycles. The molecule has 5 heteroatoms. The van der Waals surface area contributed by atoms with Crippen molar-refractivity contribution in [2.75, 3.05) is 18.0 Å². The predicted octanol–water partition coefficient (Wildman–Crippen LogP) is 2.83. The largest absolute Gasteiger partial charge is 0.352 e. The first-order chi connectivity index (χ1) is 11.7. The molecule has 0 spiro atoms. The molecule has 1 atom stereocenters. The number of hydrogen-bond acceptors (Lipinski definition) is 3. The van der Waals surface area contributed by atoms with Crippen LogP contribution in [0.1, 0.15) is 24.3 Å². The monoisotopic (exact) mass is 322 g/mol. The number of amides is 1. The van der Waals surface area contributed by atoms with E-state index in [-0.39, 0.29) is 5.91 Å². The first-order valence-corrected chi connectivity index (χ1v) is 8.54. The Morgan fingerprint density at radius 1 is 1.25 bits per heavy atom. The van der Waals surface area contributed by atoms with Crippen molar-refractivity contribution in [1.29, 1.82) is 0 Å². The third kappa shape index (κ3) is 2.94. The Morgan fingerprint density at radius 2 is 2.04 bits per heavy atom. The summed E-state index contributed by atoms with van der Waals surface area (Å²) in [6.07, 6.45) is 5.80. The minimum Gasteiger partial charge on any atom is -0.352 e. The number of benzene rings is 1. The third-order valence-corrected chi connectivity index (χ3v) is 4.85. The molecule has 1 amide bonds. The Hall–Kier alpha value is -2.56. The molecule has 2 aromatic rings. The minimum absolute atomic E-state index is 0.124. The highest BCUT2D eigenvalue weighted by Crippen LogP contribution is 2.41. The van der Waals surface area contributed by atoms with E-state index in [2.05, 4.69) is 46.2 Å². The van der Waals surface area contributed by atoms with Crippen LogP contribution in [-0.2, 0) is 11.3 Å². The van der Waals surface area contributed by atoms with Gasteiger partial charge in [0, 0.05) is 37.3 Å². The van der Waals surface area contributed by atoms with E-state index in [1.54, 1.807) is 0 Å². The second-order valence-electron chi connectivity index (χ2n) is 6.66. The van der Waals surface area contributed by atoms with Crippen LogP contribution in [0.3, 0.4) is 0 Å². The molecule has 24 heavy (non-hydrogen) atoms. The highest BCUT2D eigenvalue weighted by atomic mass is 16.1. The fourth-order valence-corrected chi connectivity index (χ4v) is 3.38. The zero-order valence-corrected chi connectivity index (χ0v) is 13.7. The number of nitrogens with zero attached hydrogens (tertiary/aromatic N) is 3. The van der Waals surface area contributed by atoms with E-state index in [4.69, 9.17) is 0 Å². The standard InChI is InChI=1S/C19H22N4O/c1-2-18(24)20-11-14-12-22(19-9-10-21-23(19)13-14)17-7-5-16(6-8-17)15-3-4-15/h2,5-10,14-15H,1,3-4,11-13H2,(H,20,24)/t14-/m0/s1. The van der Waals surface area contributed by atoms with Gasteiger partial charge < -0.3 is 10.2 Å². The van der Waals surface area contributed by atoms with Gasteiger partial charge in [-0.05, 0) is 42.5 Å². The van der Waals surface area contributed by atoms with E-state index >= 15 is 0 Å². The van der Waals surface area contributed by atoms with Crippen molar-refractivity contribution in [3.05, 3.63) is 54.7 Å². The average molecular weight is 322 g/mol. The molecule has 1 saturated carbocycles. The average Bonchev–Trinajstić information content (AvgIpc) is 3.36. The molecule has 1 aliphatic heterocycles. The van der Waals surface area contributed by atoms with Crippen LogP contribution in [0.2, 0.25) is 0 Å². The van der Waals surface area contributed by atoms with Crippen molar-refractivity contribution < 1.29 is 4.79 Å². The van der Waals surface area contributed by atoms with Gasteiger partial charge in [0.1, 0.15) is 5.82 Å². The number of nitrogens with one attached hydrogen (secondary N) is 1. The third-order valence-electron chi connectivity index (χ3n) is 4.85. The van der Waals surface area contributed by atoms with E-state index in [0.29, 0.717) is 12.5 Å². The molecule has 2 aliphatic rings. The lowest BCUT2D eigenvalue weighted by atomic mass is 10.1. The van der Waals surface area contributed by atoms with Crippen molar-refractivity contribution in [2.24, 2.45) is 5.92 Å². The molecule has 1 aromatic carbocycles. The summed E-state index contributed by atoms with van der Waals surface area (Å²) < 4.78 is 2.02. The Balaban J connectivity index is 1.54. The number of aromatic nitrogens is 2. The lowest BCUT2D eigenvalue weighted by molar-refractivity contribution is -0.116. The van der Waals surface area contributed by atoms with Gasteiger partial charge in [-0.25, -0.2) is 4.68 Å². The smallest absolute Gasteiger partial charge is 0.243 e. The van der Waals surface area contributed by atoms with E-state index in [9.17, 15) is 4.79 Å². The van der Waals surface area contributed by atoms with Crippen molar-refractivity contribution in [1.82, 2.24) is 15.1 Å². The van der Waals surface area contributed by atoms with Gasteiger partial charge in [-0.1, -0.05) is 18.7 Å². The number of anilines is 2. The van der Waals surface area contributed by atoms with Crippen LogP contribution in [0.4, 0.5) is 11.5 Å². The first kappa shape index (κ1) is 15.0. The minimum atomic E-state index is -0.124. The van der Waals surface area contributed by atoms with Crippen LogP contribution in [0.25, 0.3) is 0 Å². The van der Waals surface area contributed by atoms with Gasteiger partial charge >= 0.3 is 0 Å². The molecule has 0 radical (unpaired) electrons. The zero-order valence-electron chi connectivity index (χ0n) is 13.7. The summed E-state index contributed by atoms with van der Waals surface area (Å²) in [6.45, 7) is 5.81. The SMILES string of the molecule is C=CC(=O)NC[C@H]1CN(c2ccc(C3CC3)cc2)c2ccnn2C1. The summed E-state index contributed by atoms with van der Waals surface area (Å²) in [6, 6.07) is 11.0. The number of rotatable bonds is 5. The molecule has 1 N–H and O–H groups in total. The second kappa shape index (κ2) is 6.15. The van der Waals surface area contributed by atoms with E-state index in [1.165, 1.54) is 30.2 Å². The lowest BCUT2D eigenvalue weighted by Crippen LogP contribution is -2.41. The fourth-order valence-electron chi connectivity index (χ4n) is 3.38. The number of hydrogen-bond donors (Lipinski definition) is 1. The van der Waals surface area contributed by atoms with Crippen LogP contribution in [-0.4, -0.2) is 28.8 Å². The molecule has 0 bridgehead atoms. The van der Waals surface area contributed by atoms with E-state index in [0.717, 1.165) is 24.8 Å². The molecule has 5 nitrogen and oxygen atoms in total. The normalized spacial score (nSPS) is 19.7. The topological polar surface area (TPSA) is 50.2 Å².